The number of aromatic nitrogens is 2. The van der Waals surface area contributed by atoms with Crippen molar-refractivity contribution in [1.29, 1.82) is 5.41 Å². The summed E-state index contributed by atoms with van der Waals surface area (Å²) in [6.07, 6.45) is 2.86. The number of nitrogens with one attached hydrogen (secondary N) is 2. The quantitative estimate of drug-likeness (QED) is 0.663. The standard InChI is InChI=1S/C19H20N4OS/c1-11-12(2)25-19(22-11)17-16(24)10-23(18(17)20)8-7-13-9-21-15-6-4-3-5-14(13)15/h3-6,9,20-21,24H,7-8,10H2,1-2H3. The minimum atomic E-state index is 0.248. The fourth-order valence-corrected chi connectivity index (χ4v) is 4.21. The fourth-order valence-electron chi connectivity index (χ4n) is 3.22. The van der Waals surface area contributed by atoms with Gasteiger partial charge in [-0.1, -0.05) is 18.2 Å². The van der Waals surface area contributed by atoms with Gasteiger partial charge in [-0.05, 0) is 31.9 Å². The molecule has 0 fully saturated rings. The van der Waals surface area contributed by atoms with Crippen LogP contribution in [0.1, 0.15) is 21.1 Å². The van der Waals surface area contributed by atoms with Crippen molar-refractivity contribution < 1.29 is 5.11 Å². The lowest BCUT2D eigenvalue weighted by Gasteiger charge is -2.18. The average Bonchev–Trinajstić information content (AvgIpc) is 3.23. The van der Waals surface area contributed by atoms with Gasteiger partial charge in [0, 0.05) is 28.5 Å². The second-order valence-corrected chi connectivity index (χ2v) is 7.57. The van der Waals surface area contributed by atoms with Gasteiger partial charge in [0.2, 0.25) is 0 Å². The molecule has 1 aromatic carbocycles. The van der Waals surface area contributed by atoms with E-state index in [2.05, 4.69) is 22.1 Å². The highest BCUT2D eigenvalue weighted by Gasteiger charge is 2.30. The Kier molecular flexibility index (Phi) is 3.84. The molecule has 1 aliphatic rings. The van der Waals surface area contributed by atoms with Gasteiger partial charge in [0.15, 0.2) is 0 Å². The minimum absolute atomic E-state index is 0.248. The maximum Gasteiger partial charge on any atom is 0.135 e. The maximum atomic E-state index is 10.4. The smallest absolute Gasteiger partial charge is 0.135 e. The second kappa shape index (κ2) is 6.04. The summed E-state index contributed by atoms with van der Waals surface area (Å²) in [5.74, 6) is 0.615. The number of aliphatic hydroxyl groups is 1. The Labute approximate surface area is 150 Å². The molecular formula is C19H20N4OS. The van der Waals surface area contributed by atoms with Crippen LogP contribution in [0.25, 0.3) is 16.5 Å². The van der Waals surface area contributed by atoms with E-state index >= 15 is 0 Å². The molecule has 5 nitrogen and oxygen atoms in total. The molecule has 3 N–H and O–H groups in total. The summed E-state index contributed by atoms with van der Waals surface area (Å²) in [6, 6.07) is 8.23. The van der Waals surface area contributed by atoms with Crippen LogP contribution in [-0.4, -0.2) is 38.9 Å². The van der Waals surface area contributed by atoms with Crippen molar-refractivity contribution in [2.45, 2.75) is 20.3 Å². The van der Waals surface area contributed by atoms with Crippen LogP contribution in [0.4, 0.5) is 0 Å². The SMILES string of the molecule is Cc1nc(C2=C(O)CN(CCc3c[nH]c4ccccc34)C2=N)sc1C. The number of H-pyrrole nitrogens is 1. The van der Waals surface area contributed by atoms with Crippen molar-refractivity contribution in [3.8, 4) is 0 Å². The van der Waals surface area contributed by atoms with Crippen LogP contribution in [0.15, 0.2) is 36.2 Å². The Balaban J connectivity index is 1.51. The number of amidine groups is 1. The lowest BCUT2D eigenvalue weighted by atomic mass is 10.1. The summed E-state index contributed by atoms with van der Waals surface area (Å²) < 4.78 is 0. The van der Waals surface area contributed by atoms with Crippen molar-refractivity contribution in [2.75, 3.05) is 13.1 Å². The molecule has 4 rings (SSSR count). The number of aliphatic hydroxyl groups excluding tert-OH is 1. The number of aromatic amines is 1. The third-order valence-corrected chi connectivity index (χ3v) is 5.84. The van der Waals surface area contributed by atoms with E-state index in [4.69, 9.17) is 5.41 Å². The summed E-state index contributed by atoms with van der Waals surface area (Å²) >= 11 is 1.54. The first-order valence-electron chi connectivity index (χ1n) is 8.30. The second-order valence-electron chi connectivity index (χ2n) is 6.36. The highest BCUT2D eigenvalue weighted by Crippen LogP contribution is 2.31. The van der Waals surface area contributed by atoms with E-state index in [0.717, 1.165) is 27.5 Å². The molecule has 0 bridgehead atoms. The van der Waals surface area contributed by atoms with E-state index in [1.165, 1.54) is 22.3 Å². The molecule has 0 unspecified atom stereocenters. The summed E-state index contributed by atoms with van der Waals surface area (Å²) in [7, 11) is 0. The van der Waals surface area contributed by atoms with E-state index in [1.807, 2.05) is 37.1 Å². The molecule has 0 amide bonds. The van der Waals surface area contributed by atoms with E-state index in [1.54, 1.807) is 0 Å². The van der Waals surface area contributed by atoms with Gasteiger partial charge in [0.25, 0.3) is 0 Å². The predicted molar refractivity (Wildman–Crippen MR) is 102 cm³/mol. The first-order valence-corrected chi connectivity index (χ1v) is 9.11. The van der Waals surface area contributed by atoms with E-state index in [9.17, 15) is 5.11 Å². The lowest BCUT2D eigenvalue weighted by molar-refractivity contribution is 0.351. The number of nitrogens with zero attached hydrogens (tertiary/aromatic N) is 2. The summed E-state index contributed by atoms with van der Waals surface area (Å²) in [5, 5.41) is 20.8. The molecule has 25 heavy (non-hydrogen) atoms. The van der Waals surface area contributed by atoms with E-state index < -0.39 is 0 Å². The van der Waals surface area contributed by atoms with Crippen LogP contribution in [0.5, 0.6) is 0 Å². The Morgan fingerprint density at radius 2 is 2.12 bits per heavy atom. The molecule has 0 radical (unpaired) electrons. The Hall–Kier alpha value is -2.60. The number of aryl methyl sites for hydroxylation is 2. The van der Waals surface area contributed by atoms with Gasteiger partial charge in [-0.2, -0.15) is 0 Å². The van der Waals surface area contributed by atoms with Crippen molar-refractivity contribution in [3.63, 3.8) is 0 Å². The number of benzene rings is 1. The highest BCUT2D eigenvalue weighted by atomic mass is 32.1. The van der Waals surface area contributed by atoms with Crippen LogP contribution in [0.3, 0.4) is 0 Å². The van der Waals surface area contributed by atoms with Gasteiger partial charge in [0.05, 0.1) is 17.8 Å². The summed E-state index contributed by atoms with van der Waals surface area (Å²) in [4.78, 5) is 10.8. The molecule has 2 aromatic heterocycles. The molecule has 3 heterocycles. The molecule has 3 aromatic rings. The monoisotopic (exact) mass is 352 g/mol. The molecule has 0 saturated carbocycles. The van der Waals surface area contributed by atoms with Crippen LogP contribution >= 0.6 is 11.3 Å². The zero-order chi connectivity index (χ0) is 17.6. The van der Waals surface area contributed by atoms with Gasteiger partial charge in [-0.25, -0.2) is 4.98 Å². The lowest BCUT2D eigenvalue weighted by Crippen LogP contribution is -2.28. The number of hydrogen-bond donors (Lipinski definition) is 3. The minimum Gasteiger partial charge on any atom is -0.510 e. The van der Waals surface area contributed by atoms with Gasteiger partial charge in [-0.15, -0.1) is 11.3 Å². The number of fused-ring (bicyclic) bond motifs is 1. The third kappa shape index (κ3) is 2.72. The Morgan fingerprint density at radius 3 is 2.88 bits per heavy atom. The fraction of sp³-hybridized carbons (Fsp3) is 0.263. The third-order valence-electron chi connectivity index (χ3n) is 4.75. The van der Waals surface area contributed by atoms with Gasteiger partial charge < -0.3 is 15.0 Å². The Bertz CT molecular complexity index is 978. The number of hydrogen-bond acceptors (Lipinski definition) is 4. The van der Waals surface area contributed by atoms with Crippen LogP contribution < -0.4 is 0 Å². The van der Waals surface area contributed by atoms with Crippen molar-refractivity contribution in [2.24, 2.45) is 0 Å². The van der Waals surface area contributed by atoms with Crippen molar-refractivity contribution in [3.05, 3.63) is 57.4 Å². The van der Waals surface area contributed by atoms with E-state index in [-0.39, 0.29) is 5.76 Å². The highest BCUT2D eigenvalue weighted by molar-refractivity contribution is 7.13. The van der Waals surface area contributed by atoms with Crippen molar-refractivity contribution >= 4 is 33.6 Å². The molecule has 0 atom stereocenters. The Morgan fingerprint density at radius 1 is 1.32 bits per heavy atom. The van der Waals surface area contributed by atoms with Gasteiger partial charge >= 0.3 is 0 Å². The summed E-state index contributed by atoms with van der Waals surface area (Å²) in [6.45, 7) is 5.05. The topological polar surface area (TPSA) is 76.0 Å². The van der Waals surface area contributed by atoms with Gasteiger partial charge in [-0.3, -0.25) is 5.41 Å². The molecular weight excluding hydrogens is 332 g/mol. The molecule has 1 aliphatic heterocycles. The zero-order valence-electron chi connectivity index (χ0n) is 14.3. The molecule has 6 heteroatoms. The zero-order valence-corrected chi connectivity index (χ0v) is 15.1. The molecule has 0 aliphatic carbocycles. The van der Waals surface area contributed by atoms with Gasteiger partial charge in [0.1, 0.15) is 16.6 Å². The number of rotatable bonds is 4. The van der Waals surface area contributed by atoms with Crippen LogP contribution in [0, 0.1) is 19.3 Å². The predicted octanol–water partition coefficient (Wildman–Crippen LogP) is 4.05. The average molecular weight is 352 g/mol. The molecule has 0 spiro atoms. The number of para-hydroxylation sites is 1. The normalized spacial score (nSPS) is 15.0. The molecule has 0 saturated heterocycles. The number of thiazole rings is 1. The first-order chi connectivity index (χ1) is 12.0. The van der Waals surface area contributed by atoms with Crippen LogP contribution in [-0.2, 0) is 6.42 Å². The van der Waals surface area contributed by atoms with Crippen LogP contribution in [0.2, 0.25) is 0 Å². The molecule has 128 valence electrons. The van der Waals surface area contributed by atoms with E-state index in [0.29, 0.717) is 24.5 Å². The maximum absolute atomic E-state index is 10.4. The largest absolute Gasteiger partial charge is 0.510 e. The van der Waals surface area contributed by atoms with Crippen molar-refractivity contribution in [1.82, 2.24) is 14.9 Å². The summed E-state index contributed by atoms with van der Waals surface area (Å²) in [5.41, 5.74) is 3.91. The first kappa shape index (κ1) is 15.9.